The lowest BCUT2D eigenvalue weighted by Gasteiger charge is -2.27. The molecule has 0 saturated heterocycles. The van der Waals surface area contributed by atoms with Gasteiger partial charge in [-0.25, -0.2) is 9.48 Å². The van der Waals surface area contributed by atoms with Gasteiger partial charge in [0, 0.05) is 10.4 Å². The SMILES string of the molecule is CCOC(=O)c1cc(C(C)(C)c2ccc(C)cc2)n(-c2ccc(Cl)cc2Cl)n1. The second-order valence-corrected chi connectivity index (χ2v) is 7.98. The number of benzene rings is 2. The summed E-state index contributed by atoms with van der Waals surface area (Å²) < 4.78 is 6.85. The van der Waals surface area contributed by atoms with E-state index in [2.05, 4.69) is 43.2 Å². The molecule has 0 radical (unpaired) electrons. The van der Waals surface area contributed by atoms with Gasteiger partial charge in [-0.15, -0.1) is 0 Å². The van der Waals surface area contributed by atoms with Gasteiger partial charge in [0.05, 0.1) is 23.0 Å². The summed E-state index contributed by atoms with van der Waals surface area (Å²) in [5, 5.41) is 5.50. The summed E-state index contributed by atoms with van der Waals surface area (Å²) in [6, 6.07) is 15.3. The summed E-state index contributed by atoms with van der Waals surface area (Å²) >= 11 is 12.5. The van der Waals surface area contributed by atoms with Crippen molar-refractivity contribution in [2.24, 2.45) is 0 Å². The average Bonchev–Trinajstić information content (AvgIpc) is 3.08. The van der Waals surface area contributed by atoms with Crippen LogP contribution in [0.4, 0.5) is 0 Å². The Bertz CT molecular complexity index is 1010. The first-order valence-electron chi connectivity index (χ1n) is 9.04. The van der Waals surface area contributed by atoms with E-state index in [4.69, 9.17) is 27.9 Å². The highest BCUT2D eigenvalue weighted by Gasteiger charge is 2.31. The molecule has 3 rings (SSSR count). The molecule has 0 bridgehead atoms. The lowest BCUT2D eigenvalue weighted by Crippen LogP contribution is -2.23. The van der Waals surface area contributed by atoms with Gasteiger partial charge in [-0.1, -0.05) is 66.9 Å². The van der Waals surface area contributed by atoms with Gasteiger partial charge in [-0.2, -0.15) is 5.10 Å². The maximum atomic E-state index is 12.3. The van der Waals surface area contributed by atoms with Gasteiger partial charge >= 0.3 is 5.97 Å². The molecule has 0 N–H and O–H groups in total. The van der Waals surface area contributed by atoms with Crippen molar-refractivity contribution >= 4 is 29.2 Å². The van der Waals surface area contributed by atoms with Crippen LogP contribution in [0.2, 0.25) is 10.0 Å². The second-order valence-electron chi connectivity index (χ2n) is 7.13. The molecular weight excluding hydrogens is 395 g/mol. The maximum absolute atomic E-state index is 12.3. The smallest absolute Gasteiger partial charge is 0.358 e. The molecule has 0 unspecified atom stereocenters. The van der Waals surface area contributed by atoms with E-state index in [0.717, 1.165) is 11.3 Å². The third-order valence-corrected chi connectivity index (χ3v) is 5.28. The fraction of sp³-hybridized carbons (Fsp3) is 0.273. The number of ether oxygens (including phenoxy) is 1. The van der Waals surface area contributed by atoms with Gasteiger partial charge in [0.2, 0.25) is 0 Å². The van der Waals surface area contributed by atoms with Gasteiger partial charge < -0.3 is 4.74 Å². The lowest BCUT2D eigenvalue weighted by molar-refractivity contribution is 0.0519. The molecule has 1 aromatic heterocycles. The van der Waals surface area contributed by atoms with Gasteiger partial charge in [-0.3, -0.25) is 0 Å². The van der Waals surface area contributed by atoms with Crippen LogP contribution in [-0.4, -0.2) is 22.4 Å². The Hall–Kier alpha value is -2.30. The zero-order valence-electron chi connectivity index (χ0n) is 16.3. The number of rotatable bonds is 5. The maximum Gasteiger partial charge on any atom is 0.358 e. The van der Waals surface area contributed by atoms with Gasteiger partial charge in [-0.05, 0) is 43.7 Å². The molecule has 0 aliphatic carbocycles. The van der Waals surface area contributed by atoms with Crippen molar-refractivity contribution in [3.8, 4) is 5.69 Å². The number of aromatic nitrogens is 2. The van der Waals surface area contributed by atoms with Gasteiger partial charge in [0.15, 0.2) is 5.69 Å². The highest BCUT2D eigenvalue weighted by Crippen LogP contribution is 2.35. The highest BCUT2D eigenvalue weighted by molar-refractivity contribution is 6.35. The Labute approximate surface area is 175 Å². The summed E-state index contributed by atoms with van der Waals surface area (Å²) in [7, 11) is 0. The molecular formula is C22H22Cl2N2O2. The van der Waals surface area contributed by atoms with E-state index in [0.29, 0.717) is 15.7 Å². The highest BCUT2D eigenvalue weighted by atomic mass is 35.5. The van der Waals surface area contributed by atoms with E-state index in [1.807, 2.05) is 6.92 Å². The summed E-state index contributed by atoms with van der Waals surface area (Å²) in [5.41, 5.74) is 3.55. The first kappa shape index (κ1) is 20.4. The number of halogens is 2. The van der Waals surface area contributed by atoms with Crippen LogP contribution in [0.5, 0.6) is 0 Å². The Balaban J connectivity index is 2.20. The Morgan fingerprint density at radius 3 is 2.39 bits per heavy atom. The fourth-order valence-corrected chi connectivity index (χ4v) is 3.57. The molecule has 146 valence electrons. The van der Waals surface area contributed by atoms with Gasteiger partial charge in [0.25, 0.3) is 0 Å². The van der Waals surface area contributed by atoms with Crippen LogP contribution in [0, 0.1) is 6.92 Å². The predicted octanol–water partition coefficient (Wildman–Crippen LogP) is 5.99. The first-order chi connectivity index (χ1) is 13.2. The molecule has 2 aromatic carbocycles. The molecule has 0 aliphatic rings. The normalized spacial score (nSPS) is 11.5. The van der Waals surface area contributed by atoms with Crippen LogP contribution in [0.25, 0.3) is 5.69 Å². The first-order valence-corrected chi connectivity index (χ1v) is 9.80. The molecule has 3 aromatic rings. The molecule has 4 nitrogen and oxygen atoms in total. The number of carbonyl (C=O) groups excluding carboxylic acids is 1. The number of esters is 1. The second kappa shape index (κ2) is 7.98. The number of hydrogen-bond donors (Lipinski definition) is 0. The van der Waals surface area contributed by atoms with Crippen molar-refractivity contribution < 1.29 is 9.53 Å². The lowest BCUT2D eigenvalue weighted by atomic mass is 9.81. The van der Waals surface area contributed by atoms with Crippen molar-refractivity contribution in [2.45, 2.75) is 33.1 Å². The van der Waals surface area contributed by atoms with Crippen molar-refractivity contribution in [2.75, 3.05) is 6.61 Å². The van der Waals surface area contributed by atoms with Crippen LogP contribution in [0.3, 0.4) is 0 Å². The van der Waals surface area contributed by atoms with Crippen molar-refractivity contribution in [3.63, 3.8) is 0 Å². The molecule has 28 heavy (non-hydrogen) atoms. The van der Waals surface area contributed by atoms with Gasteiger partial charge in [0.1, 0.15) is 0 Å². The largest absolute Gasteiger partial charge is 0.461 e. The fourth-order valence-electron chi connectivity index (χ4n) is 3.09. The topological polar surface area (TPSA) is 44.1 Å². The summed E-state index contributed by atoms with van der Waals surface area (Å²) in [6.45, 7) is 8.27. The van der Waals surface area contributed by atoms with Crippen LogP contribution in [0.1, 0.15) is 48.1 Å². The number of carbonyl (C=O) groups is 1. The third kappa shape index (κ3) is 3.94. The summed E-state index contributed by atoms with van der Waals surface area (Å²) in [5.74, 6) is -0.465. The standard InChI is InChI=1S/C22H22Cl2N2O2/c1-5-28-21(27)18-13-20(22(3,4)15-8-6-14(2)7-9-15)26(25-18)19-11-10-16(23)12-17(19)24/h6-13H,5H2,1-4H3. The molecule has 1 heterocycles. The molecule has 0 saturated carbocycles. The van der Waals surface area contributed by atoms with Crippen molar-refractivity contribution in [3.05, 3.63) is 81.1 Å². The number of aryl methyl sites for hydroxylation is 1. The zero-order valence-corrected chi connectivity index (χ0v) is 17.8. The van der Waals surface area contributed by atoms with E-state index in [1.165, 1.54) is 5.56 Å². The Morgan fingerprint density at radius 1 is 1.11 bits per heavy atom. The molecule has 0 fully saturated rings. The predicted molar refractivity (Wildman–Crippen MR) is 113 cm³/mol. The van der Waals surface area contributed by atoms with E-state index < -0.39 is 11.4 Å². The molecule has 0 amide bonds. The van der Waals surface area contributed by atoms with Crippen LogP contribution in [0.15, 0.2) is 48.5 Å². The minimum absolute atomic E-state index is 0.239. The molecule has 0 spiro atoms. The number of hydrogen-bond acceptors (Lipinski definition) is 3. The number of nitrogens with zero attached hydrogens (tertiary/aromatic N) is 2. The monoisotopic (exact) mass is 416 g/mol. The minimum atomic E-state index is -0.465. The third-order valence-electron chi connectivity index (χ3n) is 4.75. The Kier molecular flexibility index (Phi) is 5.82. The average molecular weight is 417 g/mol. The summed E-state index contributed by atoms with van der Waals surface area (Å²) in [4.78, 5) is 12.3. The van der Waals surface area contributed by atoms with E-state index in [1.54, 1.807) is 35.9 Å². The van der Waals surface area contributed by atoms with Crippen molar-refractivity contribution in [1.29, 1.82) is 0 Å². The van der Waals surface area contributed by atoms with Crippen LogP contribution in [-0.2, 0) is 10.2 Å². The molecule has 0 atom stereocenters. The molecule has 0 aliphatic heterocycles. The summed E-state index contributed by atoms with van der Waals surface area (Å²) in [6.07, 6.45) is 0. The quantitative estimate of drug-likeness (QED) is 0.479. The van der Waals surface area contributed by atoms with Crippen LogP contribution < -0.4 is 0 Å². The van der Waals surface area contributed by atoms with E-state index in [-0.39, 0.29) is 12.3 Å². The molecule has 6 heteroatoms. The van der Waals surface area contributed by atoms with E-state index >= 15 is 0 Å². The minimum Gasteiger partial charge on any atom is -0.461 e. The zero-order chi connectivity index (χ0) is 20.5. The van der Waals surface area contributed by atoms with E-state index in [9.17, 15) is 4.79 Å². The van der Waals surface area contributed by atoms with Crippen molar-refractivity contribution in [1.82, 2.24) is 9.78 Å². The van der Waals surface area contributed by atoms with Crippen LogP contribution >= 0.6 is 23.2 Å². The Morgan fingerprint density at radius 2 is 1.79 bits per heavy atom.